The highest BCUT2D eigenvalue weighted by Crippen LogP contribution is 2.35. The van der Waals surface area contributed by atoms with Crippen molar-refractivity contribution in [2.45, 2.75) is 32.1 Å². The molecule has 3 aromatic rings. The average molecular weight is 540 g/mol. The SMILES string of the molecule is C.CCCc1cnc(-c2ccccc2)c(-c2ccccc2S(C)(=O)=O)c1.NC(O)=S.NC(O)=S.O. The fourth-order valence-corrected chi connectivity index (χ4v) is 3.88. The number of aliphatic hydroxyl groups is 2. The third-order valence-electron chi connectivity index (χ3n) is 4.11. The van der Waals surface area contributed by atoms with Gasteiger partial charge in [0, 0.05) is 29.1 Å². The molecule has 0 atom stereocenters. The highest BCUT2D eigenvalue weighted by molar-refractivity contribution is 7.90. The molecule has 8 N–H and O–H groups in total. The molecule has 0 spiro atoms. The minimum atomic E-state index is -3.33. The van der Waals surface area contributed by atoms with E-state index in [0.29, 0.717) is 10.5 Å². The summed E-state index contributed by atoms with van der Waals surface area (Å²) >= 11 is 7.74. The van der Waals surface area contributed by atoms with Crippen molar-refractivity contribution >= 4 is 44.6 Å². The van der Waals surface area contributed by atoms with Crippen LogP contribution in [0.25, 0.3) is 22.4 Å². The Morgan fingerprint density at radius 1 is 0.943 bits per heavy atom. The molecule has 0 amide bonds. The van der Waals surface area contributed by atoms with Crippen molar-refractivity contribution in [3.63, 3.8) is 0 Å². The van der Waals surface area contributed by atoms with Crippen molar-refractivity contribution in [3.05, 3.63) is 72.4 Å². The number of aryl methyl sites for hydroxylation is 1. The lowest BCUT2D eigenvalue weighted by molar-refractivity contribution is 0.559. The van der Waals surface area contributed by atoms with Crippen molar-refractivity contribution in [1.82, 2.24) is 4.98 Å². The molecule has 0 fully saturated rings. The molecule has 0 saturated carbocycles. The maximum absolute atomic E-state index is 12.3. The third kappa shape index (κ3) is 12.2. The highest BCUT2D eigenvalue weighted by Gasteiger charge is 2.18. The van der Waals surface area contributed by atoms with Crippen LogP contribution in [0.15, 0.2) is 71.8 Å². The molecular weight excluding hydrogens is 506 g/mol. The molecule has 8 nitrogen and oxygen atoms in total. The second-order valence-corrected chi connectivity index (χ2v) is 9.62. The van der Waals surface area contributed by atoms with E-state index in [4.69, 9.17) is 10.2 Å². The van der Waals surface area contributed by atoms with Crippen LogP contribution < -0.4 is 11.5 Å². The lowest BCUT2D eigenvalue weighted by Gasteiger charge is -2.14. The highest BCUT2D eigenvalue weighted by atomic mass is 32.2. The van der Waals surface area contributed by atoms with Gasteiger partial charge >= 0.3 is 0 Å². The molecule has 192 valence electrons. The van der Waals surface area contributed by atoms with E-state index >= 15 is 0 Å². The minimum Gasteiger partial charge on any atom is -0.487 e. The summed E-state index contributed by atoms with van der Waals surface area (Å²) in [5.74, 6) is 0. The van der Waals surface area contributed by atoms with Gasteiger partial charge in [0.2, 0.25) is 0 Å². The molecular formula is C24H33N3O5S3. The Bertz CT molecular complexity index is 1170. The number of pyridine rings is 1. The molecule has 0 saturated heterocycles. The van der Waals surface area contributed by atoms with E-state index in [1.54, 1.807) is 12.1 Å². The molecule has 2 aromatic carbocycles. The molecule has 0 aliphatic heterocycles. The van der Waals surface area contributed by atoms with Gasteiger partial charge in [-0.2, -0.15) is 0 Å². The van der Waals surface area contributed by atoms with E-state index in [9.17, 15) is 8.42 Å². The normalized spacial score (nSPS) is 9.54. The topological polar surface area (TPSA) is 171 Å². The van der Waals surface area contributed by atoms with Gasteiger partial charge in [-0.1, -0.05) is 69.3 Å². The average Bonchev–Trinajstić information content (AvgIpc) is 2.73. The zero-order valence-corrected chi connectivity index (χ0v) is 21.3. The van der Waals surface area contributed by atoms with Gasteiger partial charge in [-0.25, -0.2) is 8.42 Å². The van der Waals surface area contributed by atoms with Crippen molar-refractivity contribution in [2.75, 3.05) is 6.26 Å². The van der Waals surface area contributed by atoms with E-state index in [1.807, 2.05) is 48.7 Å². The predicted octanol–water partition coefficient (Wildman–Crippen LogP) is 4.16. The predicted molar refractivity (Wildman–Crippen MR) is 151 cm³/mol. The molecule has 0 aliphatic rings. The summed E-state index contributed by atoms with van der Waals surface area (Å²) in [6.45, 7) is 2.12. The lowest BCUT2D eigenvalue weighted by atomic mass is 9.97. The lowest BCUT2D eigenvalue weighted by Crippen LogP contribution is -2.03. The zero-order chi connectivity index (χ0) is 25.0. The monoisotopic (exact) mass is 539 g/mol. The quantitative estimate of drug-likeness (QED) is 0.347. The Morgan fingerprint density at radius 3 is 1.91 bits per heavy atom. The number of thiocarbonyl (C=S) groups is 2. The molecule has 35 heavy (non-hydrogen) atoms. The maximum Gasteiger partial charge on any atom is 0.251 e. The number of aromatic nitrogens is 1. The van der Waals surface area contributed by atoms with Gasteiger partial charge in [0.25, 0.3) is 10.3 Å². The molecule has 0 aliphatic carbocycles. The number of hydrogen-bond donors (Lipinski definition) is 4. The van der Waals surface area contributed by atoms with Crippen LogP contribution in [0.2, 0.25) is 0 Å². The summed E-state index contributed by atoms with van der Waals surface area (Å²) in [5, 5.41) is 14.1. The van der Waals surface area contributed by atoms with E-state index < -0.39 is 20.2 Å². The summed E-state index contributed by atoms with van der Waals surface area (Å²) in [5.41, 5.74) is 13.2. The van der Waals surface area contributed by atoms with Crippen LogP contribution in [0, 0.1) is 0 Å². The van der Waals surface area contributed by atoms with E-state index in [1.165, 1.54) is 6.26 Å². The van der Waals surface area contributed by atoms with E-state index in [2.05, 4.69) is 53.9 Å². The Morgan fingerprint density at radius 2 is 1.43 bits per heavy atom. The van der Waals surface area contributed by atoms with Crippen molar-refractivity contribution in [2.24, 2.45) is 11.5 Å². The van der Waals surface area contributed by atoms with Gasteiger partial charge in [0.15, 0.2) is 9.84 Å². The smallest absolute Gasteiger partial charge is 0.251 e. The Hall–Kier alpha value is -3.12. The molecule has 0 bridgehead atoms. The number of sulfone groups is 1. The van der Waals surface area contributed by atoms with Crippen LogP contribution in [0.1, 0.15) is 26.3 Å². The second kappa shape index (κ2) is 16.5. The number of nitrogens with two attached hydrogens (primary N) is 2. The third-order valence-corrected chi connectivity index (χ3v) is 5.26. The molecule has 0 radical (unpaired) electrons. The largest absolute Gasteiger partial charge is 0.487 e. The van der Waals surface area contributed by atoms with Crippen LogP contribution in [0.3, 0.4) is 0 Å². The number of rotatable bonds is 5. The van der Waals surface area contributed by atoms with Gasteiger partial charge in [-0.05, 0) is 48.6 Å². The molecule has 0 unspecified atom stereocenters. The standard InChI is InChI=1S/C21H21NO2S.2CH3NOS.CH4.H2O/c1-3-9-16-14-19(18-12-7-8-13-20(18)25(2,23)24)21(22-15-16)17-10-5-4-6-11-17;2*2-1(3)4;;/h4-8,10-15H,3,9H2,1-2H3;2*(H3,2,3,4);1H4;1H2. The van der Waals surface area contributed by atoms with Crippen LogP contribution in [0.5, 0.6) is 0 Å². The van der Waals surface area contributed by atoms with Crippen LogP contribution in [0.4, 0.5) is 0 Å². The molecule has 1 aromatic heterocycles. The first-order chi connectivity index (χ1) is 15.5. The molecule has 1 heterocycles. The Labute approximate surface area is 217 Å². The first kappa shape index (κ1) is 34.0. The van der Waals surface area contributed by atoms with Crippen molar-refractivity contribution < 1.29 is 24.1 Å². The maximum atomic E-state index is 12.3. The van der Waals surface area contributed by atoms with Gasteiger partial charge in [-0.3, -0.25) is 4.98 Å². The summed E-state index contributed by atoms with van der Waals surface area (Å²) in [7, 11) is -3.33. The van der Waals surface area contributed by atoms with Gasteiger partial charge in [-0.15, -0.1) is 0 Å². The van der Waals surface area contributed by atoms with Crippen molar-refractivity contribution in [3.8, 4) is 22.4 Å². The van der Waals surface area contributed by atoms with E-state index in [0.717, 1.165) is 35.2 Å². The van der Waals surface area contributed by atoms with Crippen LogP contribution in [-0.2, 0) is 16.3 Å². The van der Waals surface area contributed by atoms with Crippen molar-refractivity contribution in [1.29, 1.82) is 0 Å². The van der Waals surface area contributed by atoms with Gasteiger partial charge in [0.1, 0.15) is 0 Å². The second-order valence-electron chi connectivity index (χ2n) is 6.80. The van der Waals surface area contributed by atoms with Crippen LogP contribution >= 0.6 is 24.4 Å². The summed E-state index contributed by atoms with van der Waals surface area (Å²) < 4.78 is 24.5. The summed E-state index contributed by atoms with van der Waals surface area (Å²) in [4.78, 5) is 5.01. The fraction of sp³-hybridized carbons (Fsp3) is 0.208. The number of nitrogens with zero attached hydrogens (tertiary/aromatic N) is 1. The first-order valence-electron chi connectivity index (χ1n) is 9.78. The summed E-state index contributed by atoms with van der Waals surface area (Å²) in [6, 6.07) is 19.1. The van der Waals surface area contributed by atoms with Crippen LogP contribution in [-0.4, -0.2) is 45.7 Å². The number of aliphatic hydroxyl groups excluding tert-OH is 2. The number of hydrogen-bond acceptors (Lipinski definition) is 5. The number of benzene rings is 2. The Kier molecular flexibility index (Phi) is 16.0. The Balaban J connectivity index is 0. The van der Waals surface area contributed by atoms with E-state index in [-0.39, 0.29) is 12.9 Å². The molecule has 3 rings (SSSR count). The van der Waals surface area contributed by atoms with Gasteiger partial charge in [0.05, 0.1) is 10.6 Å². The molecule has 11 heteroatoms. The zero-order valence-electron chi connectivity index (χ0n) is 18.8. The summed E-state index contributed by atoms with van der Waals surface area (Å²) in [6.07, 6.45) is 5.06. The fourth-order valence-electron chi connectivity index (χ4n) is 2.98. The minimum absolute atomic E-state index is 0. The van der Waals surface area contributed by atoms with Gasteiger partial charge < -0.3 is 27.2 Å². The first-order valence-corrected chi connectivity index (χ1v) is 12.5.